The first-order chi connectivity index (χ1) is 19.7. The van der Waals surface area contributed by atoms with E-state index in [0.717, 1.165) is 28.0 Å². The average Bonchev–Trinajstić information content (AvgIpc) is 3.44. The minimum atomic E-state index is -0.778. The summed E-state index contributed by atoms with van der Waals surface area (Å²) >= 11 is 14.1. The van der Waals surface area contributed by atoms with Crippen molar-refractivity contribution in [3.63, 3.8) is 0 Å². The predicted octanol–water partition coefficient (Wildman–Crippen LogP) is 5.70. The summed E-state index contributed by atoms with van der Waals surface area (Å²) in [7, 11) is 0. The lowest BCUT2D eigenvalue weighted by Crippen LogP contribution is -2.32. The molecule has 4 aromatic rings. The average molecular weight is 631 g/mol. The highest BCUT2D eigenvalue weighted by molar-refractivity contribution is 8.00. The number of aromatic amines is 1. The van der Waals surface area contributed by atoms with Crippen molar-refractivity contribution in [1.82, 2.24) is 4.98 Å². The van der Waals surface area contributed by atoms with Crippen LogP contribution in [0.25, 0.3) is 0 Å². The summed E-state index contributed by atoms with van der Waals surface area (Å²) in [5.74, 6) is -2.68. The Morgan fingerprint density at radius 2 is 1.71 bits per heavy atom. The molecule has 6 rings (SSSR count). The van der Waals surface area contributed by atoms with E-state index in [9.17, 15) is 23.6 Å². The minimum absolute atomic E-state index is 0.270. The fourth-order valence-corrected chi connectivity index (χ4v) is 7.73. The van der Waals surface area contributed by atoms with Crippen molar-refractivity contribution in [2.24, 2.45) is 5.92 Å². The lowest BCUT2D eigenvalue weighted by molar-refractivity contribution is -0.122. The Morgan fingerprint density at radius 3 is 2.41 bits per heavy atom. The summed E-state index contributed by atoms with van der Waals surface area (Å²) in [5, 5.41) is 3.14. The zero-order valence-corrected chi connectivity index (χ0v) is 23.9. The number of imide groups is 1. The van der Waals surface area contributed by atoms with Gasteiger partial charge in [0.15, 0.2) is 6.61 Å². The Labute approximate surface area is 250 Å². The lowest BCUT2D eigenvalue weighted by Gasteiger charge is -2.29. The van der Waals surface area contributed by atoms with Crippen LogP contribution in [0.3, 0.4) is 0 Å². The van der Waals surface area contributed by atoms with Crippen molar-refractivity contribution in [3.05, 3.63) is 103 Å². The normalized spacial score (nSPS) is 19.6. The summed E-state index contributed by atoms with van der Waals surface area (Å²) in [4.78, 5) is 56.0. The first kappa shape index (κ1) is 27.5. The van der Waals surface area contributed by atoms with E-state index in [2.05, 4.69) is 10.3 Å². The van der Waals surface area contributed by atoms with Gasteiger partial charge in [-0.05, 0) is 60.2 Å². The van der Waals surface area contributed by atoms with Crippen molar-refractivity contribution in [2.45, 2.75) is 16.2 Å². The number of ether oxygens (including phenoxy) is 1. The Bertz CT molecular complexity index is 1740. The number of hydrogen-bond donors (Lipinski definition) is 2. The molecule has 0 spiro atoms. The molecule has 1 saturated heterocycles. The number of hydrogen-bond acceptors (Lipinski definition) is 7. The van der Waals surface area contributed by atoms with Crippen molar-refractivity contribution in [1.29, 1.82) is 0 Å². The second-order valence-corrected chi connectivity index (χ2v) is 12.3. The summed E-state index contributed by atoms with van der Waals surface area (Å²) in [6, 6.07) is 16.7. The van der Waals surface area contributed by atoms with Crippen LogP contribution in [0.5, 0.6) is 5.75 Å². The maximum Gasteiger partial charge on any atom is 0.305 e. The van der Waals surface area contributed by atoms with Crippen molar-refractivity contribution in [3.8, 4) is 5.75 Å². The van der Waals surface area contributed by atoms with Crippen LogP contribution in [-0.4, -0.2) is 34.6 Å². The van der Waals surface area contributed by atoms with Crippen LogP contribution < -0.4 is 19.8 Å². The number of rotatable bonds is 6. The van der Waals surface area contributed by atoms with Gasteiger partial charge in [-0.3, -0.25) is 19.2 Å². The van der Waals surface area contributed by atoms with Crippen molar-refractivity contribution in [2.75, 3.05) is 16.8 Å². The summed E-state index contributed by atoms with van der Waals surface area (Å²) in [6.45, 7) is -0.270. The van der Waals surface area contributed by atoms with Gasteiger partial charge in [-0.15, -0.1) is 0 Å². The number of carbonyl (C=O) groups excluding carboxylic acids is 3. The first-order valence-corrected chi connectivity index (χ1v) is 14.7. The Balaban J connectivity index is 1.23. The van der Waals surface area contributed by atoms with E-state index in [1.54, 1.807) is 36.4 Å². The van der Waals surface area contributed by atoms with Gasteiger partial charge in [0.25, 0.3) is 5.91 Å². The zero-order valence-electron chi connectivity index (χ0n) is 20.7. The first-order valence-electron chi connectivity index (χ1n) is 12.2. The molecule has 0 aliphatic carbocycles. The van der Waals surface area contributed by atoms with E-state index >= 15 is 0 Å². The molecule has 1 fully saturated rings. The van der Waals surface area contributed by atoms with Crippen LogP contribution in [0.1, 0.15) is 16.4 Å². The Kier molecular flexibility index (Phi) is 7.37. The van der Waals surface area contributed by atoms with Crippen LogP contribution in [0.2, 0.25) is 10.0 Å². The van der Waals surface area contributed by atoms with Crippen molar-refractivity contribution >= 4 is 75.4 Å². The number of thioether (sulfide) groups is 1. The molecule has 2 unspecified atom stereocenters. The minimum Gasteiger partial charge on any atom is -0.484 e. The summed E-state index contributed by atoms with van der Waals surface area (Å²) in [6.07, 6.45) is 0. The maximum atomic E-state index is 13.7. The number of carbonyl (C=O) groups is 3. The van der Waals surface area contributed by atoms with Gasteiger partial charge in [-0.1, -0.05) is 58.4 Å². The number of amides is 3. The smallest absolute Gasteiger partial charge is 0.305 e. The van der Waals surface area contributed by atoms with Crippen LogP contribution >= 0.6 is 46.3 Å². The fraction of sp³-hybridized carbons (Fsp3) is 0.143. The summed E-state index contributed by atoms with van der Waals surface area (Å²) < 4.78 is 19.1. The summed E-state index contributed by atoms with van der Waals surface area (Å²) in [5.41, 5.74) is 1.46. The predicted molar refractivity (Wildman–Crippen MR) is 156 cm³/mol. The highest BCUT2D eigenvalue weighted by Crippen LogP contribution is 2.53. The van der Waals surface area contributed by atoms with Crippen molar-refractivity contribution < 1.29 is 23.5 Å². The molecule has 3 amide bonds. The molecule has 0 bridgehead atoms. The highest BCUT2D eigenvalue weighted by atomic mass is 35.5. The highest BCUT2D eigenvalue weighted by Gasteiger charge is 2.56. The molecule has 3 heterocycles. The van der Waals surface area contributed by atoms with E-state index in [4.69, 9.17) is 27.9 Å². The molecule has 0 saturated carbocycles. The second kappa shape index (κ2) is 11.0. The number of aromatic nitrogens is 1. The molecule has 2 aliphatic rings. The van der Waals surface area contributed by atoms with Gasteiger partial charge in [-0.2, -0.15) is 0 Å². The van der Waals surface area contributed by atoms with Crippen LogP contribution in [0.4, 0.5) is 15.8 Å². The monoisotopic (exact) mass is 629 g/mol. The fourth-order valence-electron chi connectivity index (χ4n) is 4.91. The topological polar surface area (TPSA) is 109 Å². The van der Waals surface area contributed by atoms with Gasteiger partial charge in [-0.25, -0.2) is 9.29 Å². The third-order valence-electron chi connectivity index (χ3n) is 6.72. The van der Waals surface area contributed by atoms with Gasteiger partial charge < -0.3 is 15.0 Å². The molecule has 2 aliphatic heterocycles. The third-order valence-corrected chi connectivity index (χ3v) is 9.86. The van der Waals surface area contributed by atoms with Gasteiger partial charge in [0.1, 0.15) is 16.8 Å². The molecule has 0 radical (unpaired) electrons. The molecule has 3 atom stereocenters. The molecule has 1 aromatic heterocycles. The molecular weight excluding hydrogens is 612 g/mol. The number of anilines is 2. The maximum absolute atomic E-state index is 13.7. The number of nitrogens with one attached hydrogen (secondary N) is 2. The standard InChI is InChI=1S/C28H18Cl2FN3O5S2/c29-18-10-5-15(11-19(18)30)32-20(35)12-39-17-8-1-13(2-9-17)21-22-24(40-25-23(21)41-28(38)33-25)27(37)34(26(22)36)16-6-3-14(31)4-7-16/h1-11,21-22,24H,12H2,(H,32,35)(H,33,38)/t21-,22?,24?/m1/s1. The number of halogens is 3. The zero-order chi connectivity index (χ0) is 28.8. The quantitative estimate of drug-likeness (QED) is 0.265. The number of benzene rings is 3. The molecular formula is C28H18Cl2FN3O5S2. The van der Waals surface area contributed by atoms with Gasteiger partial charge in [0.05, 0.1) is 26.7 Å². The molecule has 208 valence electrons. The van der Waals surface area contributed by atoms with E-state index in [-0.39, 0.29) is 17.2 Å². The molecule has 41 heavy (non-hydrogen) atoms. The van der Waals surface area contributed by atoms with Gasteiger partial charge >= 0.3 is 4.87 Å². The van der Waals surface area contributed by atoms with Crippen LogP contribution in [0.15, 0.2) is 76.6 Å². The second-order valence-electron chi connectivity index (χ2n) is 9.27. The number of fused-ring (bicyclic) bond motifs is 2. The lowest BCUT2D eigenvalue weighted by atomic mass is 9.83. The Hall–Kier alpha value is -3.64. The number of H-pyrrole nitrogens is 1. The number of nitrogens with zero attached hydrogens (tertiary/aromatic N) is 1. The SMILES string of the molecule is O=C(COc1ccc([C@H]2c3sc(=O)[nH]c3SC3C(=O)N(c4ccc(F)cc4)C(=O)C32)cc1)Nc1ccc(Cl)c(Cl)c1. The largest absolute Gasteiger partial charge is 0.484 e. The van der Waals surface area contributed by atoms with Crippen LogP contribution in [0, 0.1) is 11.7 Å². The third kappa shape index (κ3) is 5.26. The molecule has 13 heteroatoms. The van der Waals surface area contributed by atoms with E-state index in [1.165, 1.54) is 30.3 Å². The van der Waals surface area contributed by atoms with E-state index in [0.29, 0.717) is 36.9 Å². The van der Waals surface area contributed by atoms with E-state index < -0.39 is 40.6 Å². The Morgan fingerprint density at radius 1 is 0.976 bits per heavy atom. The van der Waals surface area contributed by atoms with Gasteiger partial charge in [0, 0.05) is 16.5 Å². The van der Waals surface area contributed by atoms with Crippen LogP contribution in [-0.2, 0) is 14.4 Å². The molecule has 3 aromatic carbocycles. The molecule has 2 N–H and O–H groups in total. The van der Waals surface area contributed by atoms with Gasteiger partial charge in [0.2, 0.25) is 11.8 Å². The molecule has 8 nitrogen and oxygen atoms in total. The van der Waals surface area contributed by atoms with E-state index in [1.807, 2.05) is 0 Å². The number of thiazole rings is 1.